The van der Waals surface area contributed by atoms with Gasteiger partial charge in [0.2, 0.25) is 0 Å². The van der Waals surface area contributed by atoms with Gasteiger partial charge in [0.25, 0.3) is 5.91 Å². The van der Waals surface area contributed by atoms with Crippen molar-refractivity contribution in [2.75, 3.05) is 5.32 Å². The first kappa shape index (κ1) is 16.9. The molecule has 1 aromatic heterocycles. The van der Waals surface area contributed by atoms with Gasteiger partial charge < -0.3 is 10.6 Å². The number of carbonyl (C=O) groups excluding carboxylic acids is 1. The molecule has 0 saturated heterocycles. The van der Waals surface area contributed by atoms with E-state index in [0.717, 1.165) is 0 Å². The summed E-state index contributed by atoms with van der Waals surface area (Å²) in [5, 5.41) is 14.0. The molecule has 0 atom stereocenters. The number of aromatic nitrogens is 2. The number of hydrogen-bond acceptors (Lipinski definition) is 4. The molecule has 0 saturated carbocycles. The minimum atomic E-state index is -0.431. The van der Waals surface area contributed by atoms with Crippen molar-refractivity contribution >= 4 is 29.0 Å². The largest absolute Gasteiger partial charge is 0.346 e. The third-order valence-electron chi connectivity index (χ3n) is 3.43. The van der Waals surface area contributed by atoms with Crippen molar-refractivity contribution in [1.29, 1.82) is 0 Å². The van der Waals surface area contributed by atoms with Crippen LogP contribution in [-0.4, -0.2) is 16.1 Å². The second kappa shape index (κ2) is 7.72. The summed E-state index contributed by atoms with van der Waals surface area (Å²) in [7, 11) is 0. The zero-order valence-corrected chi connectivity index (χ0v) is 13.8. The molecular formula is C18H14ClFN4O. The Kier molecular flexibility index (Phi) is 5.20. The summed E-state index contributed by atoms with van der Waals surface area (Å²) in [6.45, 7) is 0.0762. The highest BCUT2D eigenvalue weighted by Crippen LogP contribution is 2.23. The van der Waals surface area contributed by atoms with Gasteiger partial charge in [-0.05, 0) is 30.3 Å². The minimum absolute atomic E-state index is 0.0762. The fraction of sp³-hybridized carbons (Fsp3) is 0.0556. The molecule has 0 unspecified atom stereocenters. The summed E-state index contributed by atoms with van der Waals surface area (Å²) in [6, 6.07) is 16.6. The molecule has 3 aromatic rings. The predicted octanol–water partition coefficient (Wildman–Crippen LogP) is 3.94. The van der Waals surface area contributed by atoms with Gasteiger partial charge in [-0.15, -0.1) is 10.2 Å². The standard InChI is InChI=1S/C18H14ClFN4O/c19-13-6-2-4-8-15(13)22-17-10-9-16(23-24-17)18(25)21-11-12-5-1-3-7-14(12)20/h1-10H,11H2,(H,21,25)(H,22,24). The number of rotatable bonds is 5. The summed E-state index contributed by atoms with van der Waals surface area (Å²) in [5.41, 5.74) is 1.23. The molecule has 7 heteroatoms. The van der Waals surface area contributed by atoms with Crippen LogP contribution in [0.25, 0.3) is 0 Å². The molecule has 2 N–H and O–H groups in total. The number of carbonyl (C=O) groups is 1. The van der Waals surface area contributed by atoms with Crippen molar-refractivity contribution in [2.45, 2.75) is 6.54 Å². The molecule has 0 fully saturated rings. The Bertz CT molecular complexity index is 886. The lowest BCUT2D eigenvalue weighted by atomic mass is 10.2. The van der Waals surface area contributed by atoms with Gasteiger partial charge >= 0.3 is 0 Å². The third kappa shape index (κ3) is 4.30. The first-order chi connectivity index (χ1) is 12.1. The maximum absolute atomic E-state index is 13.5. The average molecular weight is 357 g/mol. The molecule has 1 heterocycles. The van der Waals surface area contributed by atoms with E-state index in [2.05, 4.69) is 20.8 Å². The highest BCUT2D eigenvalue weighted by Gasteiger charge is 2.10. The molecule has 126 valence electrons. The highest BCUT2D eigenvalue weighted by molar-refractivity contribution is 6.33. The Morgan fingerprint density at radius 3 is 2.48 bits per heavy atom. The SMILES string of the molecule is O=C(NCc1ccccc1F)c1ccc(Nc2ccccc2Cl)nn1. The van der Waals surface area contributed by atoms with E-state index >= 15 is 0 Å². The van der Waals surface area contributed by atoms with Crippen LogP contribution in [0.4, 0.5) is 15.9 Å². The van der Waals surface area contributed by atoms with Crippen LogP contribution in [0.3, 0.4) is 0 Å². The van der Waals surface area contributed by atoms with Gasteiger partial charge in [-0.3, -0.25) is 4.79 Å². The van der Waals surface area contributed by atoms with Crippen LogP contribution >= 0.6 is 11.6 Å². The Balaban J connectivity index is 1.63. The van der Waals surface area contributed by atoms with Gasteiger partial charge in [0.15, 0.2) is 11.5 Å². The van der Waals surface area contributed by atoms with Crippen molar-refractivity contribution < 1.29 is 9.18 Å². The number of benzene rings is 2. The van der Waals surface area contributed by atoms with Gasteiger partial charge in [0.1, 0.15) is 5.82 Å². The molecule has 25 heavy (non-hydrogen) atoms. The summed E-state index contributed by atoms with van der Waals surface area (Å²) < 4.78 is 13.5. The van der Waals surface area contributed by atoms with E-state index < -0.39 is 5.91 Å². The first-order valence-electron chi connectivity index (χ1n) is 7.50. The number of nitrogens with zero attached hydrogens (tertiary/aromatic N) is 2. The van der Waals surface area contributed by atoms with Gasteiger partial charge in [-0.2, -0.15) is 0 Å². The summed E-state index contributed by atoms with van der Waals surface area (Å²) in [6.07, 6.45) is 0. The molecule has 0 aliphatic carbocycles. The van der Waals surface area contributed by atoms with Crippen molar-refractivity contribution in [3.63, 3.8) is 0 Å². The van der Waals surface area contributed by atoms with E-state index in [9.17, 15) is 9.18 Å². The normalized spacial score (nSPS) is 10.3. The number of nitrogens with one attached hydrogen (secondary N) is 2. The Morgan fingerprint density at radius 2 is 1.76 bits per heavy atom. The molecule has 0 radical (unpaired) electrons. The molecule has 0 aliphatic rings. The van der Waals surface area contributed by atoms with Crippen LogP contribution in [0.15, 0.2) is 60.7 Å². The topological polar surface area (TPSA) is 66.9 Å². The van der Waals surface area contributed by atoms with Crippen LogP contribution < -0.4 is 10.6 Å². The van der Waals surface area contributed by atoms with Crippen LogP contribution in [0.2, 0.25) is 5.02 Å². The smallest absolute Gasteiger partial charge is 0.272 e. The lowest BCUT2D eigenvalue weighted by Gasteiger charge is -2.08. The molecule has 3 rings (SSSR count). The van der Waals surface area contributed by atoms with E-state index in [-0.39, 0.29) is 18.1 Å². The zero-order valence-electron chi connectivity index (χ0n) is 13.0. The second-order valence-electron chi connectivity index (χ2n) is 5.18. The van der Waals surface area contributed by atoms with Crippen LogP contribution in [-0.2, 0) is 6.54 Å². The number of hydrogen-bond donors (Lipinski definition) is 2. The Hall–Kier alpha value is -2.99. The quantitative estimate of drug-likeness (QED) is 0.726. The molecule has 2 aromatic carbocycles. The molecule has 0 spiro atoms. The van der Waals surface area contributed by atoms with E-state index in [1.165, 1.54) is 12.1 Å². The van der Waals surface area contributed by atoms with E-state index in [1.807, 2.05) is 12.1 Å². The van der Waals surface area contributed by atoms with E-state index in [4.69, 9.17) is 11.6 Å². The monoisotopic (exact) mass is 356 g/mol. The van der Waals surface area contributed by atoms with E-state index in [0.29, 0.717) is 22.1 Å². The molecule has 0 bridgehead atoms. The van der Waals surface area contributed by atoms with Gasteiger partial charge in [-0.25, -0.2) is 4.39 Å². The maximum atomic E-state index is 13.5. The van der Waals surface area contributed by atoms with Crippen LogP contribution in [0, 0.1) is 5.82 Å². The Morgan fingerprint density at radius 1 is 1.00 bits per heavy atom. The van der Waals surface area contributed by atoms with Gasteiger partial charge in [-0.1, -0.05) is 41.9 Å². The number of anilines is 2. The van der Waals surface area contributed by atoms with Crippen molar-refractivity contribution in [1.82, 2.24) is 15.5 Å². The molecule has 1 amide bonds. The molecule has 0 aliphatic heterocycles. The lowest BCUT2D eigenvalue weighted by molar-refractivity contribution is 0.0944. The molecule has 5 nitrogen and oxygen atoms in total. The second-order valence-corrected chi connectivity index (χ2v) is 5.59. The highest BCUT2D eigenvalue weighted by atomic mass is 35.5. The fourth-order valence-electron chi connectivity index (χ4n) is 2.13. The van der Waals surface area contributed by atoms with Crippen molar-refractivity contribution in [2.24, 2.45) is 0 Å². The average Bonchev–Trinajstić information content (AvgIpc) is 2.63. The van der Waals surface area contributed by atoms with Crippen LogP contribution in [0.5, 0.6) is 0 Å². The van der Waals surface area contributed by atoms with Crippen molar-refractivity contribution in [3.05, 3.63) is 82.8 Å². The zero-order chi connectivity index (χ0) is 17.6. The van der Waals surface area contributed by atoms with E-state index in [1.54, 1.807) is 36.4 Å². The minimum Gasteiger partial charge on any atom is -0.346 e. The first-order valence-corrected chi connectivity index (χ1v) is 7.88. The number of para-hydroxylation sites is 1. The number of halogens is 2. The lowest BCUT2D eigenvalue weighted by Crippen LogP contribution is -2.24. The number of amides is 1. The van der Waals surface area contributed by atoms with Crippen molar-refractivity contribution in [3.8, 4) is 0 Å². The third-order valence-corrected chi connectivity index (χ3v) is 3.76. The summed E-state index contributed by atoms with van der Waals surface area (Å²) >= 11 is 6.06. The maximum Gasteiger partial charge on any atom is 0.272 e. The predicted molar refractivity (Wildman–Crippen MR) is 94.3 cm³/mol. The summed E-state index contributed by atoms with van der Waals surface area (Å²) in [4.78, 5) is 12.1. The van der Waals surface area contributed by atoms with Gasteiger partial charge in [0.05, 0.1) is 10.7 Å². The van der Waals surface area contributed by atoms with Gasteiger partial charge in [0, 0.05) is 12.1 Å². The fourth-order valence-corrected chi connectivity index (χ4v) is 2.31. The van der Waals surface area contributed by atoms with Crippen LogP contribution in [0.1, 0.15) is 16.1 Å². The molecular weight excluding hydrogens is 343 g/mol. The Labute approximate surface area is 148 Å². The summed E-state index contributed by atoms with van der Waals surface area (Å²) in [5.74, 6) is -0.341.